The molecule has 8 rings (SSSR count). The number of carbonyl (C=O) groups excluding carboxylic acids is 3. The Morgan fingerprint density at radius 1 is 0.471 bits per heavy atom. The third-order valence-corrected chi connectivity index (χ3v) is 15.2. The minimum absolute atomic E-state index is 0. The van der Waals surface area contributed by atoms with Crippen LogP contribution in [0.1, 0.15) is 45.2 Å². The van der Waals surface area contributed by atoms with Crippen LogP contribution >= 0.6 is 58.8 Å². The van der Waals surface area contributed by atoms with Gasteiger partial charge in [-0.3, -0.25) is 0 Å². The SMILES string of the molecule is CN1Cc2c(Cl)cc(Cl)cc2[C@H](c2cccc(-c3cn(CCOCCOCCOCCNC(=O)NCCNC(=O)NCCNC(=O)NCCOCCOCCOCCn4cc(-c5cccc([C@@H]6CN(C)Cc7c(Cl)cc(Cl)cc76)c5)nn4)nn3)c2)C1.Cl. The largest absolute Gasteiger partial charge is 0.377 e. The highest BCUT2D eigenvalue weighted by Crippen LogP contribution is 2.41. The molecule has 0 radical (unpaired) electrons. The smallest absolute Gasteiger partial charge is 0.314 e. The number of amides is 6. The van der Waals surface area contributed by atoms with Crippen LogP contribution in [0.3, 0.4) is 0 Å². The maximum Gasteiger partial charge on any atom is 0.314 e. The van der Waals surface area contributed by atoms with Crippen molar-refractivity contribution in [3.05, 3.63) is 139 Å². The lowest BCUT2D eigenvalue weighted by molar-refractivity contribution is 0.0135. The maximum absolute atomic E-state index is 12.1. The van der Waals surface area contributed by atoms with Crippen molar-refractivity contribution in [2.24, 2.45) is 0 Å². The molecule has 0 aliphatic carbocycles. The number of aromatic nitrogens is 6. The van der Waals surface area contributed by atoms with Gasteiger partial charge >= 0.3 is 18.1 Å². The molecule has 6 aromatic rings. The molecule has 0 saturated carbocycles. The Bertz CT molecular complexity index is 2920. The van der Waals surface area contributed by atoms with E-state index in [2.05, 4.69) is 101 Å². The molecule has 2 atom stereocenters. The third-order valence-electron chi connectivity index (χ3n) is 14.1. The Morgan fingerprint density at radius 3 is 1.20 bits per heavy atom. The van der Waals surface area contributed by atoms with E-state index in [1.54, 1.807) is 9.36 Å². The molecular weight excluding hydrogens is 1230 g/mol. The third kappa shape index (κ3) is 22.3. The number of fused-ring (bicyclic) bond motifs is 2. The van der Waals surface area contributed by atoms with Crippen molar-refractivity contribution in [1.82, 2.24) is 71.7 Å². The van der Waals surface area contributed by atoms with Gasteiger partial charge in [0.05, 0.1) is 105 Å². The lowest BCUT2D eigenvalue weighted by Gasteiger charge is -2.33. The number of carbonyl (C=O) groups is 3. The van der Waals surface area contributed by atoms with Crippen molar-refractivity contribution < 1.29 is 42.8 Å². The number of hydrogen-bond donors (Lipinski definition) is 6. The zero-order valence-electron chi connectivity index (χ0n) is 48.9. The standard InChI is InChI=1S/C59H76Cl4N14O9.ClH/c1-74-35-49(47-31-45(60)33-53(62)51(47)37-74)41-5-3-7-43(29-41)55-39-76(72-70-55)15-19-83-23-27-85-25-21-81-17-13-68-58(79)66-11-9-64-57(78)65-10-12-67-59(80)69-14-18-82-22-26-86-28-24-84-20-16-77-40-56(71-73-77)44-8-4-6-42(30-44)50-36-75(2)38-52-48(50)32-46(61)34-54(52)63;/h3-8,29-34,39-40,49-50H,9-28,35-38H2,1-2H3,(H2,64,65,78)(H2,66,68,79)(H2,67,69,80);1H/t49-,50-;/m0./s1. The number of benzene rings is 4. The van der Waals surface area contributed by atoms with Gasteiger partial charge in [0.25, 0.3) is 0 Å². The summed E-state index contributed by atoms with van der Waals surface area (Å²) in [5.74, 6) is 0.251. The Balaban J connectivity index is 0.0000108. The molecule has 0 spiro atoms. The fourth-order valence-electron chi connectivity index (χ4n) is 9.94. The highest BCUT2D eigenvalue weighted by Gasteiger charge is 2.29. The normalized spacial score (nSPS) is 14.8. The topological polar surface area (TPSA) is 247 Å². The second kappa shape index (κ2) is 36.5. The Hall–Kier alpha value is -5.90. The minimum atomic E-state index is -0.431. The molecule has 4 aromatic carbocycles. The first-order valence-corrected chi connectivity index (χ1v) is 30.2. The summed E-state index contributed by atoms with van der Waals surface area (Å²) in [7, 11) is 4.19. The van der Waals surface area contributed by atoms with Gasteiger partial charge in [-0.05, 0) is 83.9 Å². The molecule has 87 heavy (non-hydrogen) atoms. The van der Waals surface area contributed by atoms with Gasteiger partial charge in [0.2, 0.25) is 0 Å². The van der Waals surface area contributed by atoms with Gasteiger partial charge in [-0.25, -0.2) is 23.7 Å². The van der Waals surface area contributed by atoms with Crippen LogP contribution in [-0.2, 0) is 54.6 Å². The lowest BCUT2D eigenvalue weighted by Crippen LogP contribution is -2.45. The van der Waals surface area contributed by atoms with Gasteiger partial charge in [-0.15, -0.1) is 22.6 Å². The van der Waals surface area contributed by atoms with Crippen LogP contribution < -0.4 is 31.9 Å². The van der Waals surface area contributed by atoms with Crippen LogP contribution in [0.4, 0.5) is 14.4 Å². The summed E-state index contributed by atoms with van der Waals surface area (Å²) >= 11 is 26.0. The number of likely N-dealkylation sites (N-methyl/N-ethyl adjacent to an activating group) is 2. The number of rotatable bonds is 34. The van der Waals surface area contributed by atoms with E-state index in [9.17, 15) is 14.4 Å². The zero-order chi connectivity index (χ0) is 60.5. The fraction of sp³-hybridized carbons (Fsp3) is 0.475. The fourth-order valence-corrected chi connectivity index (χ4v) is 11.1. The number of hydrogen-bond acceptors (Lipinski definition) is 15. The molecule has 0 fully saturated rings. The van der Waals surface area contributed by atoms with Gasteiger partial charge in [-0.2, -0.15) is 0 Å². The van der Waals surface area contributed by atoms with E-state index in [4.69, 9.17) is 74.8 Å². The summed E-state index contributed by atoms with van der Waals surface area (Å²) in [6.07, 6.45) is 3.83. The van der Waals surface area contributed by atoms with Crippen LogP contribution in [0.2, 0.25) is 20.1 Å². The number of urea groups is 3. The first-order valence-electron chi connectivity index (χ1n) is 28.7. The second-order valence-corrected chi connectivity index (χ2v) is 22.3. The summed E-state index contributed by atoms with van der Waals surface area (Å²) in [4.78, 5) is 40.8. The number of nitrogens with zero attached hydrogens (tertiary/aromatic N) is 8. The van der Waals surface area contributed by atoms with Crippen molar-refractivity contribution >= 4 is 76.9 Å². The Kier molecular flexibility index (Phi) is 28.8. The van der Waals surface area contributed by atoms with E-state index >= 15 is 0 Å². The molecule has 2 aromatic heterocycles. The molecule has 472 valence electrons. The maximum atomic E-state index is 12.1. The van der Waals surface area contributed by atoms with Gasteiger partial charge in [0, 0.05) is 109 Å². The lowest BCUT2D eigenvalue weighted by atomic mass is 9.84. The van der Waals surface area contributed by atoms with Crippen LogP contribution in [0.25, 0.3) is 22.5 Å². The minimum Gasteiger partial charge on any atom is -0.377 e. The van der Waals surface area contributed by atoms with Crippen LogP contribution in [0.5, 0.6) is 0 Å². The molecule has 23 nitrogen and oxygen atoms in total. The van der Waals surface area contributed by atoms with Crippen LogP contribution in [0.15, 0.2) is 85.2 Å². The summed E-state index contributed by atoms with van der Waals surface area (Å²) in [6, 6.07) is 23.2. The summed E-state index contributed by atoms with van der Waals surface area (Å²) in [6.45, 7) is 10.4. The van der Waals surface area contributed by atoms with E-state index in [-0.39, 0.29) is 62.5 Å². The first kappa shape index (κ1) is 68.6. The number of halogens is 5. The van der Waals surface area contributed by atoms with Crippen LogP contribution in [-0.4, -0.2) is 204 Å². The van der Waals surface area contributed by atoms with Crippen molar-refractivity contribution in [2.75, 3.05) is 146 Å². The van der Waals surface area contributed by atoms with Crippen molar-refractivity contribution in [1.29, 1.82) is 0 Å². The van der Waals surface area contributed by atoms with Crippen molar-refractivity contribution in [2.45, 2.75) is 38.0 Å². The van der Waals surface area contributed by atoms with Gasteiger partial charge in [0.15, 0.2) is 0 Å². The molecule has 4 heterocycles. The molecule has 2 aliphatic rings. The van der Waals surface area contributed by atoms with E-state index in [1.165, 1.54) is 0 Å². The Labute approximate surface area is 533 Å². The monoisotopic (exact) mass is 1300 g/mol. The molecule has 2 aliphatic heterocycles. The van der Waals surface area contributed by atoms with E-state index in [1.807, 2.05) is 60.9 Å². The molecule has 0 saturated heterocycles. The second-order valence-electron chi connectivity index (χ2n) is 20.6. The van der Waals surface area contributed by atoms with Gasteiger partial charge in [-0.1, -0.05) is 93.2 Å². The summed E-state index contributed by atoms with van der Waals surface area (Å²) < 4.78 is 37.3. The van der Waals surface area contributed by atoms with Gasteiger partial charge < -0.3 is 70.1 Å². The summed E-state index contributed by atoms with van der Waals surface area (Å²) in [5.41, 5.74) is 10.4. The quantitative estimate of drug-likeness (QED) is 0.0221. The van der Waals surface area contributed by atoms with Gasteiger partial charge in [0.1, 0.15) is 11.4 Å². The molecule has 0 bridgehead atoms. The molecule has 28 heteroatoms. The van der Waals surface area contributed by atoms with Crippen molar-refractivity contribution in [3.63, 3.8) is 0 Å². The first-order chi connectivity index (χ1) is 41.9. The zero-order valence-corrected chi connectivity index (χ0v) is 52.7. The molecule has 0 unspecified atom stereocenters. The predicted octanol–water partition coefficient (Wildman–Crippen LogP) is 7.09. The highest BCUT2D eigenvalue weighted by molar-refractivity contribution is 6.35. The Morgan fingerprint density at radius 2 is 0.816 bits per heavy atom. The van der Waals surface area contributed by atoms with E-state index in [0.717, 1.165) is 82.1 Å². The van der Waals surface area contributed by atoms with E-state index in [0.29, 0.717) is 126 Å². The van der Waals surface area contributed by atoms with Crippen LogP contribution in [0, 0.1) is 0 Å². The van der Waals surface area contributed by atoms with E-state index < -0.39 is 6.03 Å². The van der Waals surface area contributed by atoms with Crippen molar-refractivity contribution in [3.8, 4) is 22.5 Å². The average molecular weight is 1300 g/mol. The molecule has 6 N–H and O–H groups in total. The average Bonchev–Trinajstić information content (AvgIpc) is 1.46. The molecular formula is C59H77Cl5N14O9. The summed E-state index contributed by atoms with van der Waals surface area (Å²) in [5, 5.41) is 36.1. The molecule has 6 amide bonds. The number of nitrogens with one attached hydrogen (secondary N) is 6. The highest BCUT2D eigenvalue weighted by atomic mass is 35.5. The number of ether oxygens (including phenoxy) is 6. The predicted molar refractivity (Wildman–Crippen MR) is 337 cm³/mol.